The topological polar surface area (TPSA) is 37.3 Å². The van der Waals surface area contributed by atoms with Crippen molar-refractivity contribution in [1.29, 1.82) is 0 Å². The van der Waals surface area contributed by atoms with E-state index < -0.39 is 11.0 Å². The van der Waals surface area contributed by atoms with Crippen LogP contribution in [0.1, 0.15) is 67.3 Å². The van der Waals surface area contributed by atoms with Gasteiger partial charge in [0.1, 0.15) is 5.60 Å². The fourth-order valence-electron chi connectivity index (χ4n) is 6.89. The minimum atomic E-state index is -0.878. The maximum Gasteiger partial charge on any atom is 0.172 e. The van der Waals surface area contributed by atoms with Crippen LogP contribution in [0.15, 0.2) is 24.3 Å². The molecule has 0 saturated heterocycles. The van der Waals surface area contributed by atoms with Crippen LogP contribution in [0.4, 0.5) is 0 Å². The third kappa shape index (κ3) is 1.23. The van der Waals surface area contributed by atoms with E-state index in [1.165, 1.54) is 25.7 Å². The summed E-state index contributed by atoms with van der Waals surface area (Å²) in [6, 6.07) is 7.93. The number of fused-ring (bicyclic) bond motifs is 5. The fraction of sp³-hybridized carbons (Fsp3) is 0.650. The molecule has 4 aliphatic rings. The Bertz CT molecular complexity index is 651. The van der Waals surface area contributed by atoms with Crippen LogP contribution >= 0.6 is 0 Å². The first-order chi connectivity index (χ1) is 10.7. The molecule has 0 bridgehead atoms. The molecule has 22 heavy (non-hydrogen) atoms. The molecule has 3 saturated carbocycles. The standard InChI is InChI=1S/C20H24O2/c21-18-14-8-2-4-11-17(14)20(22)16-10-3-1-7-13(16)15-9-5-6-12-19(15,18)20/h2,4,8,11,13,15-16,22H,1,3,5-7,9-10,12H2/t13-,15+,16+,19+,20+/m1/s1. The highest BCUT2D eigenvalue weighted by Crippen LogP contribution is 2.73. The van der Waals surface area contributed by atoms with Crippen LogP contribution in [0.2, 0.25) is 0 Å². The zero-order valence-corrected chi connectivity index (χ0v) is 13.1. The monoisotopic (exact) mass is 296 g/mol. The lowest BCUT2D eigenvalue weighted by atomic mass is 9.60. The summed E-state index contributed by atoms with van der Waals surface area (Å²) < 4.78 is 0. The van der Waals surface area contributed by atoms with Gasteiger partial charge in [-0.1, -0.05) is 49.9 Å². The molecular weight excluding hydrogens is 272 g/mol. The highest BCUT2D eigenvalue weighted by molar-refractivity contribution is 6.07. The third-order valence-electron chi connectivity index (χ3n) is 7.51. The van der Waals surface area contributed by atoms with Gasteiger partial charge in [0.15, 0.2) is 5.78 Å². The number of ketones is 1. The van der Waals surface area contributed by atoms with Crippen LogP contribution in [0.3, 0.4) is 0 Å². The predicted molar refractivity (Wildman–Crippen MR) is 84.5 cm³/mol. The van der Waals surface area contributed by atoms with Crippen LogP contribution in [-0.4, -0.2) is 10.9 Å². The van der Waals surface area contributed by atoms with Crippen molar-refractivity contribution in [2.75, 3.05) is 0 Å². The van der Waals surface area contributed by atoms with Crippen molar-refractivity contribution in [3.63, 3.8) is 0 Å². The Labute approximate surface area is 131 Å². The summed E-state index contributed by atoms with van der Waals surface area (Å²) in [5.74, 6) is 1.55. The van der Waals surface area contributed by atoms with E-state index in [0.29, 0.717) is 17.8 Å². The highest BCUT2D eigenvalue weighted by Gasteiger charge is 2.75. The number of hydrogen-bond acceptors (Lipinski definition) is 2. The van der Waals surface area contributed by atoms with Gasteiger partial charge in [-0.3, -0.25) is 4.79 Å². The van der Waals surface area contributed by atoms with Gasteiger partial charge >= 0.3 is 0 Å². The molecule has 2 nitrogen and oxygen atoms in total. The molecule has 0 aromatic heterocycles. The third-order valence-corrected chi connectivity index (χ3v) is 7.51. The van der Waals surface area contributed by atoms with Crippen LogP contribution in [-0.2, 0) is 5.60 Å². The second kappa shape index (κ2) is 4.23. The molecule has 3 fully saturated rings. The second-order valence-corrected chi connectivity index (χ2v) is 8.02. The molecule has 1 N–H and O–H groups in total. The van der Waals surface area contributed by atoms with Crippen molar-refractivity contribution in [2.45, 2.75) is 57.0 Å². The molecule has 116 valence electrons. The molecule has 1 spiro atoms. The molecule has 4 aliphatic carbocycles. The average Bonchev–Trinajstić information content (AvgIpc) is 2.92. The summed E-state index contributed by atoms with van der Waals surface area (Å²) in [4.78, 5) is 13.4. The molecule has 0 aliphatic heterocycles. The Hall–Kier alpha value is -1.15. The lowest BCUT2D eigenvalue weighted by molar-refractivity contribution is -0.0959. The summed E-state index contributed by atoms with van der Waals surface area (Å²) in [6.07, 6.45) is 9.17. The van der Waals surface area contributed by atoms with Crippen LogP contribution in [0, 0.1) is 23.2 Å². The zero-order chi connectivity index (χ0) is 14.9. The molecule has 5 atom stereocenters. The van der Waals surface area contributed by atoms with Gasteiger partial charge in [-0.25, -0.2) is 0 Å². The summed E-state index contributed by atoms with van der Waals surface area (Å²) in [6.45, 7) is 0. The average molecular weight is 296 g/mol. The molecule has 1 aromatic carbocycles. The van der Waals surface area contributed by atoms with E-state index in [0.717, 1.165) is 36.8 Å². The van der Waals surface area contributed by atoms with E-state index in [1.807, 2.05) is 24.3 Å². The molecule has 2 heteroatoms. The van der Waals surface area contributed by atoms with Crippen molar-refractivity contribution < 1.29 is 9.90 Å². The summed E-state index contributed by atoms with van der Waals surface area (Å²) in [5, 5.41) is 12.0. The smallest absolute Gasteiger partial charge is 0.172 e. The van der Waals surface area contributed by atoms with Gasteiger partial charge in [0.2, 0.25) is 0 Å². The number of carbonyl (C=O) groups is 1. The van der Waals surface area contributed by atoms with E-state index in [4.69, 9.17) is 0 Å². The van der Waals surface area contributed by atoms with Gasteiger partial charge < -0.3 is 5.11 Å². The number of rotatable bonds is 0. The van der Waals surface area contributed by atoms with E-state index >= 15 is 0 Å². The van der Waals surface area contributed by atoms with Crippen LogP contribution < -0.4 is 0 Å². The normalized spacial score (nSPS) is 45.9. The van der Waals surface area contributed by atoms with E-state index in [9.17, 15) is 9.90 Å². The van der Waals surface area contributed by atoms with E-state index in [2.05, 4.69) is 0 Å². The summed E-state index contributed by atoms with van der Waals surface area (Å²) in [7, 11) is 0. The molecule has 0 unspecified atom stereocenters. The van der Waals surface area contributed by atoms with E-state index in [-0.39, 0.29) is 5.78 Å². The highest BCUT2D eigenvalue weighted by atomic mass is 16.3. The van der Waals surface area contributed by atoms with Crippen molar-refractivity contribution in [3.05, 3.63) is 35.4 Å². The van der Waals surface area contributed by atoms with Gasteiger partial charge in [-0.05, 0) is 49.0 Å². The minimum absolute atomic E-state index is 0.268. The van der Waals surface area contributed by atoms with Gasteiger partial charge in [0, 0.05) is 5.56 Å². The van der Waals surface area contributed by atoms with Gasteiger partial charge in [0.05, 0.1) is 5.41 Å². The zero-order valence-electron chi connectivity index (χ0n) is 13.1. The van der Waals surface area contributed by atoms with Crippen molar-refractivity contribution in [2.24, 2.45) is 23.2 Å². The summed E-state index contributed by atoms with van der Waals surface area (Å²) in [5.41, 5.74) is 0.410. The minimum Gasteiger partial charge on any atom is -0.384 e. The first-order valence-corrected chi connectivity index (χ1v) is 9.08. The van der Waals surface area contributed by atoms with Gasteiger partial charge in [-0.2, -0.15) is 0 Å². The Morgan fingerprint density at radius 3 is 2.59 bits per heavy atom. The lowest BCUT2D eigenvalue weighted by Crippen LogP contribution is -2.49. The fourth-order valence-corrected chi connectivity index (χ4v) is 6.89. The SMILES string of the molecule is O=C1c2ccccc2[C@@]2(O)[C@H]3CCCC[C@@H]3[C@@H]3CCCC[C@@]132. The van der Waals surface area contributed by atoms with Crippen molar-refractivity contribution in [3.8, 4) is 0 Å². The van der Waals surface area contributed by atoms with Gasteiger partial charge in [0.25, 0.3) is 0 Å². The summed E-state index contributed by atoms with van der Waals surface area (Å²) >= 11 is 0. The van der Waals surface area contributed by atoms with Crippen molar-refractivity contribution >= 4 is 5.78 Å². The van der Waals surface area contributed by atoms with Crippen LogP contribution in [0.25, 0.3) is 0 Å². The number of carbonyl (C=O) groups excluding carboxylic acids is 1. The first kappa shape index (κ1) is 13.3. The Morgan fingerprint density at radius 1 is 0.955 bits per heavy atom. The molecule has 5 rings (SSSR count). The Morgan fingerprint density at radius 2 is 1.68 bits per heavy atom. The molecular formula is C20H24O2. The molecule has 0 amide bonds. The maximum atomic E-state index is 13.4. The second-order valence-electron chi connectivity index (χ2n) is 8.02. The van der Waals surface area contributed by atoms with Crippen LogP contribution in [0.5, 0.6) is 0 Å². The molecule has 0 heterocycles. The Kier molecular flexibility index (Phi) is 2.56. The predicted octanol–water partition coefficient (Wildman–Crippen LogP) is 4.07. The Balaban J connectivity index is 1.80. The number of Topliss-reactive ketones (excluding diaryl/α,β-unsaturated/α-hetero) is 1. The lowest BCUT2D eigenvalue weighted by Gasteiger charge is -2.44. The maximum absolute atomic E-state index is 13.4. The number of hydrogen-bond donors (Lipinski definition) is 1. The first-order valence-electron chi connectivity index (χ1n) is 9.08. The van der Waals surface area contributed by atoms with Crippen molar-refractivity contribution in [1.82, 2.24) is 0 Å². The molecule has 1 aromatic rings. The van der Waals surface area contributed by atoms with Gasteiger partial charge in [-0.15, -0.1) is 0 Å². The quantitative estimate of drug-likeness (QED) is 0.783. The molecule has 0 radical (unpaired) electrons. The largest absolute Gasteiger partial charge is 0.384 e. The number of aliphatic hydroxyl groups is 1. The van der Waals surface area contributed by atoms with E-state index in [1.54, 1.807) is 0 Å². The number of benzene rings is 1.